The molecular formula is C20H27FN4O4S. The van der Waals surface area contributed by atoms with Gasteiger partial charge < -0.3 is 10.2 Å². The maximum Gasteiger partial charge on any atom is 0.225 e. The van der Waals surface area contributed by atoms with Gasteiger partial charge in [-0.1, -0.05) is 12.8 Å². The largest absolute Gasteiger partial charge is 0.355 e. The van der Waals surface area contributed by atoms with Crippen molar-refractivity contribution in [3.8, 4) is 0 Å². The minimum Gasteiger partial charge on any atom is -0.355 e. The van der Waals surface area contributed by atoms with Crippen molar-refractivity contribution in [3.63, 3.8) is 0 Å². The molecule has 4 rings (SSSR count). The Morgan fingerprint density at radius 2 is 1.90 bits per heavy atom. The number of benzene rings is 1. The van der Waals surface area contributed by atoms with Gasteiger partial charge in [0.15, 0.2) is 9.84 Å². The second kappa shape index (κ2) is 8.60. The molecule has 2 amide bonds. The molecule has 10 heteroatoms. The molecule has 1 aliphatic carbocycles. The van der Waals surface area contributed by atoms with Crippen molar-refractivity contribution in [2.45, 2.75) is 49.2 Å². The molecule has 0 radical (unpaired) electrons. The van der Waals surface area contributed by atoms with Crippen molar-refractivity contribution in [3.05, 3.63) is 30.1 Å². The van der Waals surface area contributed by atoms with Gasteiger partial charge in [-0.05, 0) is 37.1 Å². The number of likely N-dealkylation sites (tertiary alicyclic amines) is 1. The maximum absolute atomic E-state index is 13.0. The number of halogens is 1. The Kier molecular flexibility index (Phi) is 6.08. The van der Waals surface area contributed by atoms with Crippen LogP contribution in [0.25, 0.3) is 0 Å². The van der Waals surface area contributed by atoms with Crippen LogP contribution in [0, 0.1) is 17.7 Å². The zero-order valence-electron chi connectivity index (χ0n) is 16.6. The van der Waals surface area contributed by atoms with Gasteiger partial charge in [-0.2, -0.15) is 0 Å². The van der Waals surface area contributed by atoms with E-state index in [2.05, 4.69) is 16.2 Å². The molecule has 8 nitrogen and oxygen atoms in total. The number of nitrogens with zero attached hydrogens (tertiary/aromatic N) is 1. The van der Waals surface area contributed by atoms with Crippen LogP contribution in [0.3, 0.4) is 0 Å². The summed E-state index contributed by atoms with van der Waals surface area (Å²) in [6, 6.07) is 4.96. The Morgan fingerprint density at radius 3 is 2.67 bits per heavy atom. The van der Waals surface area contributed by atoms with Crippen LogP contribution in [-0.4, -0.2) is 56.2 Å². The summed E-state index contributed by atoms with van der Waals surface area (Å²) < 4.78 is 37.6. The molecule has 2 aliphatic heterocycles. The SMILES string of the molecule is O=C(NCCS(=O)(=O)c1ccc(F)cc1)C1CC(=O)N(C2NNC3CCCCC32)C1. The third-order valence-electron chi connectivity index (χ3n) is 6.35. The predicted molar refractivity (Wildman–Crippen MR) is 107 cm³/mol. The molecule has 3 fully saturated rings. The van der Waals surface area contributed by atoms with Crippen LogP contribution in [0.1, 0.15) is 32.1 Å². The van der Waals surface area contributed by atoms with Crippen molar-refractivity contribution in [2.75, 3.05) is 18.8 Å². The van der Waals surface area contributed by atoms with Gasteiger partial charge in [0.25, 0.3) is 0 Å². The highest BCUT2D eigenvalue weighted by Crippen LogP contribution is 2.34. The average molecular weight is 439 g/mol. The molecule has 164 valence electrons. The summed E-state index contributed by atoms with van der Waals surface area (Å²) in [4.78, 5) is 26.8. The second-order valence-electron chi connectivity index (χ2n) is 8.30. The Morgan fingerprint density at radius 1 is 1.17 bits per heavy atom. The van der Waals surface area contributed by atoms with E-state index in [1.165, 1.54) is 18.6 Å². The average Bonchev–Trinajstić information content (AvgIpc) is 3.31. The highest BCUT2D eigenvalue weighted by Gasteiger charge is 2.46. The molecule has 0 bridgehead atoms. The van der Waals surface area contributed by atoms with E-state index >= 15 is 0 Å². The summed E-state index contributed by atoms with van der Waals surface area (Å²) in [7, 11) is -3.62. The Hall–Kier alpha value is -2.04. The summed E-state index contributed by atoms with van der Waals surface area (Å²) in [5.74, 6) is -1.30. The molecule has 0 aromatic heterocycles. The smallest absolute Gasteiger partial charge is 0.225 e. The van der Waals surface area contributed by atoms with Gasteiger partial charge in [0.05, 0.1) is 22.7 Å². The minimum absolute atomic E-state index is 0.0159. The number of fused-ring (bicyclic) bond motifs is 1. The van der Waals surface area contributed by atoms with E-state index in [0.717, 1.165) is 31.4 Å². The molecule has 30 heavy (non-hydrogen) atoms. The normalized spacial score (nSPS) is 29.1. The van der Waals surface area contributed by atoms with Gasteiger partial charge in [0.2, 0.25) is 11.8 Å². The Bertz CT molecular complexity index is 908. The summed E-state index contributed by atoms with van der Waals surface area (Å²) in [5.41, 5.74) is 6.52. The second-order valence-corrected chi connectivity index (χ2v) is 10.4. The van der Waals surface area contributed by atoms with Crippen molar-refractivity contribution in [2.24, 2.45) is 11.8 Å². The molecule has 4 unspecified atom stereocenters. The molecule has 4 atom stereocenters. The molecule has 1 aromatic carbocycles. The fourth-order valence-electron chi connectivity index (χ4n) is 4.71. The highest BCUT2D eigenvalue weighted by atomic mass is 32.2. The van der Waals surface area contributed by atoms with Gasteiger partial charge in [-0.15, -0.1) is 0 Å². The van der Waals surface area contributed by atoms with Crippen molar-refractivity contribution < 1.29 is 22.4 Å². The monoisotopic (exact) mass is 438 g/mol. The van der Waals surface area contributed by atoms with E-state index in [0.29, 0.717) is 18.5 Å². The highest BCUT2D eigenvalue weighted by molar-refractivity contribution is 7.91. The van der Waals surface area contributed by atoms with E-state index in [1.807, 2.05) is 0 Å². The van der Waals surface area contributed by atoms with Crippen LogP contribution in [0.2, 0.25) is 0 Å². The summed E-state index contributed by atoms with van der Waals surface area (Å²) in [6.45, 7) is 0.273. The molecule has 1 aromatic rings. The first-order valence-corrected chi connectivity index (χ1v) is 12.1. The Labute approximate surface area is 175 Å². The quantitative estimate of drug-likeness (QED) is 0.560. The first-order chi connectivity index (χ1) is 14.3. The van der Waals surface area contributed by atoms with E-state index in [9.17, 15) is 22.4 Å². The van der Waals surface area contributed by atoms with Crippen LogP contribution in [0.4, 0.5) is 4.39 Å². The number of hydrazine groups is 1. The number of rotatable bonds is 6. The van der Waals surface area contributed by atoms with Crippen molar-refractivity contribution in [1.29, 1.82) is 0 Å². The number of nitrogens with one attached hydrogen (secondary N) is 3. The number of hydrogen-bond acceptors (Lipinski definition) is 6. The van der Waals surface area contributed by atoms with E-state index in [1.54, 1.807) is 4.90 Å². The zero-order valence-corrected chi connectivity index (χ0v) is 17.5. The predicted octanol–water partition coefficient (Wildman–Crippen LogP) is 0.557. The lowest BCUT2D eigenvalue weighted by atomic mass is 9.84. The van der Waals surface area contributed by atoms with Gasteiger partial charge in [-0.3, -0.25) is 15.0 Å². The molecule has 3 aliphatic rings. The van der Waals surface area contributed by atoms with Crippen molar-refractivity contribution in [1.82, 2.24) is 21.1 Å². The lowest BCUT2D eigenvalue weighted by Crippen LogP contribution is -2.48. The number of sulfone groups is 1. The summed E-state index contributed by atoms with van der Waals surface area (Å²) in [6.07, 6.45) is 4.50. The lowest BCUT2D eigenvalue weighted by Gasteiger charge is -2.32. The number of carbonyl (C=O) groups excluding carboxylic acids is 2. The molecule has 3 N–H and O–H groups in total. The van der Waals surface area contributed by atoms with Gasteiger partial charge in [-0.25, -0.2) is 18.2 Å². The molecule has 0 spiro atoms. The van der Waals surface area contributed by atoms with E-state index in [-0.39, 0.29) is 41.6 Å². The van der Waals surface area contributed by atoms with Gasteiger partial charge in [0, 0.05) is 31.5 Å². The minimum atomic E-state index is -3.62. The molecule has 2 saturated heterocycles. The van der Waals surface area contributed by atoms with Crippen LogP contribution >= 0.6 is 0 Å². The third-order valence-corrected chi connectivity index (χ3v) is 8.08. The lowest BCUT2D eigenvalue weighted by molar-refractivity contribution is -0.131. The standard InChI is InChI=1S/C20H27FN4O4S/c21-14-5-7-15(8-6-14)30(28,29)10-9-22-20(27)13-11-18(26)25(12-13)19-16-3-1-2-4-17(16)23-24-19/h5-8,13,16-17,19,23-24H,1-4,9-12H2,(H,22,27). The fraction of sp³-hybridized carbons (Fsp3) is 0.600. The summed E-state index contributed by atoms with van der Waals surface area (Å²) >= 11 is 0. The number of carbonyl (C=O) groups is 2. The van der Waals surface area contributed by atoms with Gasteiger partial charge in [0.1, 0.15) is 5.82 Å². The number of amides is 2. The molecule has 2 heterocycles. The fourth-order valence-corrected chi connectivity index (χ4v) is 5.87. The first kappa shape index (κ1) is 21.2. The van der Waals surface area contributed by atoms with Crippen LogP contribution in [-0.2, 0) is 19.4 Å². The van der Waals surface area contributed by atoms with E-state index in [4.69, 9.17) is 0 Å². The van der Waals surface area contributed by atoms with E-state index < -0.39 is 21.6 Å². The van der Waals surface area contributed by atoms with Gasteiger partial charge >= 0.3 is 0 Å². The van der Waals surface area contributed by atoms with Crippen LogP contribution in [0.5, 0.6) is 0 Å². The summed E-state index contributed by atoms with van der Waals surface area (Å²) in [5, 5.41) is 2.64. The first-order valence-electron chi connectivity index (χ1n) is 10.4. The zero-order chi connectivity index (χ0) is 21.3. The third kappa shape index (κ3) is 4.35. The number of hydrogen-bond donors (Lipinski definition) is 3. The maximum atomic E-state index is 13.0. The molecule has 1 saturated carbocycles. The van der Waals surface area contributed by atoms with Crippen LogP contribution in [0.15, 0.2) is 29.2 Å². The van der Waals surface area contributed by atoms with Crippen molar-refractivity contribution >= 4 is 21.7 Å². The topological polar surface area (TPSA) is 108 Å². The Balaban J connectivity index is 1.29. The molecular weight excluding hydrogens is 411 g/mol. The van der Waals surface area contributed by atoms with Crippen LogP contribution < -0.4 is 16.2 Å².